The van der Waals surface area contributed by atoms with Gasteiger partial charge in [0, 0.05) is 25.6 Å². The molecule has 18 heavy (non-hydrogen) atoms. The Balaban J connectivity index is 1.99. The molecule has 3 rings (SSSR count). The zero-order valence-electron chi connectivity index (χ0n) is 10.5. The number of fused-ring (bicyclic) bond motifs is 2. The first-order valence-corrected chi connectivity index (χ1v) is 6.45. The lowest BCUT2D eigenvalue weighted by atomic mass is 9.85. The molecule has 0 spiro atoms. The van der Waals surface area contributed by atoms with E-state index in [-0.39, 0.29) is 12.1 Å². The highest BCUT2D eigenvalue weighted by Crippen LogP contribution is 2.27. The Labute approximate surface area is 106 Å². The SMILES string of the molecule is CC(=O)OC1CCC2NC=c3ccccc3=C2C1. The fourth-order valence-corrected chi connectivity index (χ4v) is 2.94. The minimum atomic E-state index is -0.178. The third-order valence-electron chi connectivity index (χ3n) is 3.72. The zero-order valence-corrected chi connectivity index (χ0v) is 10.5. The average Bonchev–Trinajstić information content (AvgIpc) is 2.38. The molecule has 1 saturated carbocycles. The third kappa shape index (κ3) is 2.01. The number of carbonyl (C=O) groups excluding carboxylic acids is 1. The summed E-state index contributed by atoms with van der Waals surface area (Å²) in [7, 11) is 0. The molecule has 0 radical (unpaired) electrons. The molecule has 1 N–H and O–H groups in total. The Hall–Kier alpha value is -1.77. The normalized spacial score (nSPS) is 25.3. The number of rotatable bonds is 1. The van der Waals surface area contributed by atoms with Crippen molar-refractivity contribution in [2.45, 2.75) is 38.3 Å². The number of nitrogens with one attached hydrogen (secondary N) is 1. The van der Waals surface area contributed by atoms with Gasteiger partial charge in [-0.05, 0) is 28.9 Å². The molecule has 0 aromatic heterocycles. The number of hydrogen-bond donors (Lipinski definition) is 1. The summed E-state index contributed by atoms with van der Waals surface area (Å²) in [5, 5.41) is 5.98. The maximum Gasteiger partial charge on any atom is 0.302 e. The van der Waals surface area contributed by atoms with Gasteiger partial charge in [-0.25, -0.2) is 0 Å². The van der Waals surface area contributed by atoms with Crippen LogP contribution >= 0.6 is 0 Å². The Kier molecular flexibility index (Phi) is 2.82. The van der Waals surface area contributed by atoms with Crippen molar-refractivity contribution in [3.63, 3.8) is 0 Å². The van der Waals surface area contributed by atoms with E-state index in [9.17, 15) is 4.79 Å². The van der Waals surface area contributed by atoms with Crippen LogP contribution < -0.4 is 15.8 Å². The van der Waals surface area contributed by atoms with Crippen LogP contribution in [0.15, 0.2) is 24.3 Å². The van der Waals surface area contributed by atoms with Gasteiger partial charge in [0.1, 0.15) is 6.10 Å². The summed E-state index contributed by atoms with van der Waals surface area (Å²) < 4.78 is 5.36. The molecule has 94 valence electrons. The maximum absolute atomic E-state index is 11.1. The van der Waals surface area contributed by atoms with Crippen molar-refractivity contribution in [2.24, 2.45) is 0 Å². The summed E-state index contributed by atoms with van der Waals surface area (Å²) in [6.07, 6.45) is 4.95. The van der Waals surface area contributed by atoms with Gasteiger partial charge in [-0.3, -0.25) is 4.79 Å². The average molecular weight is 243 g/mol. The second kappa shape index (κ2) is 4.48. The zero-order chi connectivity index (χ0) is 12.5. The van der Waals surface area contributed by atoms with Crippen LogP contribution in [0.2, 0.25) is 0 Å². The lowest BCUT2D eigenvalue weighted by Crippen LogP contribution is -2.46. The Morgan fingerprint density at radius 1 is 1.33 bits per heavy atom. The molecule has 1 fully saturated rings. The maximum atomic E-state index is 11.1. The molecule has 1 aliphatic carbocycles. The van der Waals surface area contributed by atoms with Gasteiger partial charge in [0.25, 0.3) is 0 Å². The van der Waals surface area contributed by atoms with E-state index in [1.54, 1.807) is 0 Å². The van der Waals surface area contributed by atoms with Crippen molar-refractivity contribution in [3.05, 3.63) is 34.7 Å². The van der Waals surface area contributed by atoms with Gasteiger partial charge >= 0.3 is 5.97 Å². The van der Waals surface area contributed by atoms with E-state index in [2.05, 4.69) is 29.7 Å². The van der Waals surface area contributed by atoms with E-state index >= 15 is 0 Å². The lowest BCUT2D eigenvalue weighted by Gasteiger charge is -2.33. The second-order valence-electron chi connectivity index (χ2n) is 4.99. The lowest BCUT2D eigenvalue weighted by molar-refractivity contribution is -0.146. The van der Waals surface area contributed by atoms with Crippen LogP contribution in [-0.4, -0.2) is 18.1 Å². The van der Waals surface area contributed by atoms with Gasteiger partial charge < -0.3 is 10.1 Å². The van der Waals surface area contributed by atoms with E-state index in [1.165, 1.54) is 22.9 Å². The van der Waals surface area contributed by atoms with Crippen molar-refractivity contribution in [1.82, 2.24) is 5.32 Å². The Bertz CT molecular complexity index is 591. The smallest absolute Gasteiger partial charge is 0.302 e. The molecule has 2 unspecified atom stereocenters. The topological polar surface area (TPSA) is 38.3 Å². The summed E-state index contributed by atoms with van der Waals surface area (Å²) in [5.74, 6) is -0.178. The van der Waals surface area contributed by atoms with Gasteiger partial charge in [0.05, 0.1) is 0 Å². The van der Waals surface area contributed by atoms with E-state index in [0.29, 0.717) is 6.04 Å². The highest BCUT2D eigenvalue weighted by Gasteiger charge is 2.28. The predicted molar refractivity (Wildman–Crippen MR) is 69.9 cm³/mol. The number of esters is 1. The summed E-state index contributed by atoms with van der Waals surface area (Å²) >= 11 is 0. The molecule has 2 aliphatic rings. The van der Waals surface area contributed by atoms with Crippen molar-refractivity contribution in [2.75, 3.05) is 0 Å². The molecule has 2 atom stereocenters. The van der Waals surface area contributed by atoms with Gasteiger partial charge in [-0.15, -0.1) is 0 Å². The van der Waals surface area contributed by atoms with Crippen LogP contribution in [0, 0.1) is 0 Å². The highest BCUT2D eigenvalue weighted by atomic mass is 16.5. The monoisotopic (exact) mass is 243 g/mol. The molecule has 0 amide bonds. The summed E-state index contributed by atoms with van der Waals surface area (Å²) in [6.45, 7) is 1.48. The van der Waals surface area contributed by atoms with Gasteiger partial charge in [0.2, 0.25) is 0 Å². The molecule has 1 aromatic carbocycles. The fourth-order valence-electron chi connectivity index (χ4n) is 2.94. The predicted octanol–water partition coefficient (Wildman–Crippen LogP) is 0.663. The van der Waals surface area contributed by atoms with Crippen molar-refractivity contribution >= 4 is 17.7 Å². The van der Waals surface area contributed by atoms with Crippen LogP contribution in [0.5, 0.6) is 0 Å². The minimum absolute atomic E-state index is 0.0432. The first kappa shape index (κ1) is 11.3. The number of ether oxygens (including phenoxy) is 1. The van der Waals surface area contributed by atoms with Crippen LogP contribution in [0.4, 0.5) is 0 Å². The van der Waals surface area contributed by atoms with Gasteiger partial charge in [0.15, 0.2) is 0 Å². The molecular formula is C15H17NO2. The van der Waals surface area contributed by atoms with E-state index in [4.69, 9.17) is 4.74 Å². The molecule has 1 aliphatic heterocycles. The Morgan fingerprint density at radius 2 is 2.17 bits per heavy atom. The van der Waals surface area contributed by atoms with E-state index in [0.717, 1.165) is 19.3 Å². The van der Waals surface area contributed by atoms with Crippen LogP contribution in [0.25, 0.3) is 11.8 Å². The quantitative estimate of drug-likeness (QED) is 0.737. The second-order valence-corrected chi connectivity index (χ2v) is 4.99. The molecular weight excluding hydrogens is 226 g/mol. The van der Waals surface area contributed by atoms with Crippen LogP contribution in [-0.2, 0) is 9.53 Å². The fraction of sp³-hybridized carbons (Fsp3) is 0.400. The number of benzene rings is 1. The van der Waals surface area contributed by atoms with E-state index in [1.807, 2.05) is 6.07 Å². The van der Waals surface area contributed by atoms with E-state index < -0.39 is 0 Å². The summed E-state index contributed by atoms with van der Waals surface area (Å²) in [4.78, 5) is 11.1. The highest BCUT2D eigenvalue weighted by molar-refractivity contribution is 5.67. The molecule has 3 nitrogen and oxygen atoms in total. The standard InChI is InChI=1S/C15H17NO2/c1-10(17)18-12-6-7-15-14(8-12)13-5-3-2-4-11(13)9-16-15/h2-5,9,12,15-16H,6-8H2,1H3. The van der Waals surface area contributed by atoms with Crippen molar-refractivity contribution in [1.29, 1.82) is 0 Å². The van der Waals surface area contributed by atoms with Crippen molar-refractivity contribution in [3.8, 4) is 0 Å². The summed E-state index contributed by atoms with van der Waals surface area (Å²) in [6, 6.07) is 8.79. The first-order chi connectivity index (χ1) is 8.74. The molecule has 1 aromatic rings. The molecule has 1 heterocycles. The van der Waals surface area contributed by atoms with Crippen molar-refractivity contribution < 1.29 is 9.53 Å². The van der Waals surface area contributed by atoms with Gasteiger partial charge in [-0.1, -0.05) is 24.3 Å². The number of hydrogen-bond acceptors (Lipinski definition) is 3. The third-order valence-corrected chi connectivity index (χ3v) is 3.72. The van der Waals surface area contributed by atoms with Gasteiger partial charge in [-0.2, -0.15) is 0 Å². The molecule has 0 saturated heterocycles. The molecule has 0 bridgehead atoms. The Morgan fingerprint density at radius 3 is 3.00 bits per heavy atom. The first-order valence-electron chi connectivity index (χ1n) is 6.45. The largest absolute Gasteiger partial charge is 0.462 e. The minimum Gasteiger partial charge on any atom is -0.462 e. The summed E-state index contributed by atoms with van der Waals surface area (Å²) in [5.41, 5.74) is 1.38. The molecule has 3 heteroatoms. The van der Waals surface area contributed by atoms with Crippen LogP contribution in [0.1, 0.15) is 26.2 Å². The van der Waals surface area contributed by atoms with Crippen LogP contribution in [0.3, 0.4) is 0 Å². The number of carbonyl (C=O) groups is 1.